The molecule has 0 spiro atoms. The molecule has 0 bridgehead atoms. The van der Waals surface area contributed by atoms with Crippen LogP contribution < -0.4 is 0 Å². The number of benzene rings is 1. The minimum absolute atomic E-state index is 0.0886. The lowest BCUT2D eigenvalue weighted by atomic mass is 9.74. The van der Waals surface area contributed by atoms with Crippen LogP contribution in [-0.2, 0) is 37.5 Å². The molecule has 2 aliphatic rings. The van der Waals surface area contributed by atoms with Crippen LogP contribution in [0.1, 0.15) is 24.0 Å². The van der Waals surface area contributed by atoms with Crippen LogP contribution in [0.25, 0.3) is 0 Å². The van der Waals surface area contributed by atoms with Gasteiger partial charge in [0.05, 0.1) is 24.2 Å². The Morgan fingerprint density at radius 1 is 1.35 bits per heavy atom. The third-order valence-electron chi connectivity index (χ3n) is 4.82. The molecule has 7 nitrogen and oxygen atoms in total. The maximum Gasteiger partial charge on any atom is 0.325 e. The Balaban J connectivity index is 1.94. The molecule has 0 saturated heterocycles. The number of carbonyl (C=O) groups is 1. The highest BCUT2D eigenvalue weighted by Gasteiger charge is 2.57. The summed E-state index contributed by atoms with van der Waals surface area (Å²) in [6.45, 7) is 0.846. The van der Waals surface area contributed by atoms with Gasteiger partial charge in [-0.15, -0.1) is 0 Å². The fourth-order valence-electron chi connectivity index (χ4n) is 3.12. The maximum absolute atomic E-state index is 12.9. The summed E-state index contributed by atoms with van der Waals surface area (Å²) in [7, 11) is -1.10. The van der Waals surface area contributed by atoms with Crippen molar-refractivity contribution in [3.05, 3.63) is 29.3 Å². The molecule has 1 saturated carbocycles. The molecule has 1 aromatic carbocycles. The van der Waals surface area contributed by atoms with E-state index in [-0.39, 0.29) is 23.8 Å². The Kier molecular flexibility index (Phi) is 3.96. The topological polar surface area (TPSA) is 93.1 Å². The second-order valence-electron chi connectivity index (χ2n) is 6.00. The molecule has 8 heteroatoms. The van der Waals surface area contributed by atoms with Gasteiger partial charge in [0.1, 0.15) is 5.54 Å². The highest BCUT2D eigenvalue weighted by molar-refractivity contribution is 7.89. The minimum Gasteiger partial charge on any atom is -0.480 e. The van der Waals surface area contributed by atoms with Crippen molar-refractivity contribution >= 4 is 16.0 Å². The summed E-state index contributed by atoms with van der Waals surface area (Å²) in [6.07, 6.45) is 0.0442. The van der Waals surface area contributed by atoms with E-state index in [0.29, 0.717) is 13.2 Å². The van der Waals surface area contributed by atoms with Gasteiger partial charge in [0.2, 0.25) is 10.0 Å². The molecule has 1 fully saturated rings. The van der Waals surface area contributed by atoms with Crippen molar-refractivity contribution < 1.29 is 27.8 Å². The van der Waals surface area contributed by atoms with Crippen LogP contribution in [-0.4, -0.2) is 49.6 Å². The quantitative estimate of drug-likeness (QED) is 0.858. The average Bonchev–Trinajstić information content (AvgIpc) is 2.93. The smallest absolute Gasteiger partial charge is 0.325 e. The van der Waals surface area contributed by atoms with Crippen LogP contribution in [0.15, 0.2) is 23.1 Å². The van der Waals surface area contributed by atoms with Gasteiger partial charge in [0.15, 0.2) is 0 Å². The zero-order valence-electron chi connectivity index (χ0n) is 13.0. The molecule has 0 atom stereocenters. The summed E-state index contributed by atoms with van der Waals surface area (Å²) >= 11 is 0. The first-order valence-electron chi connectivity index (χ1n) is 7.26. The lowest BCUT2D eigenvalue weighted by Gasteiger charge is -2.48. The van der Waals surface area contributed by atoms with Crippen molar-refractivity contribution in [3.8, 4) is 0 Å². The van der Waals surface area contributed by atoms with E-state index >= 15 is 0 Å². The molecule has 3 rings (SSSR count). The van der Waals surface area contributed by atoms with Gasteiger partial charge in [0, 0.05) is 27.0 Å². The number of hydrogen-bond acceptors (Lipinski definition) is 5. The van der Waals surface area contributed by atoms with Crippen molar-refractivity contribution in [1.82, 2.24) is 4.31 Å². The van der Waals surface area contributed by atoms with E-state index < -0.39 is 21.5 Å². The lowest BCUT2D eigenvalue weighted by Crippen LogP contribution is -2.64. The van der Waals surface area contributed by atoms with Gasteiger partial charge < -0.3 is 14.6 Å². The molecule has 0 unspecified atom stereocenters. The largest absolute Gasteiger partial charge is 0.480 e. The zero-order valence-corrected chi connectivity index (χ0v) is 13.8. The van der Waals surface area contributed by atoms with E-state index in [2.05, 4.69) is 0 Å². The number of methoxy groups -OCH3 is 1. The Labute approximate surface area is 134 Å². The number of carboxylic acid groups (broad SMARTS) is 1. The summed E-state index contributed by atoms with van der Waals surface area (Å²) in [6, 6.07) is 4.78. The normalized spacial score (nSPS) is 26.8. The molecule has 0 amide bonds. The first kappa shape index (κ1) is 16.4. The number of carboxylic acids is 1. The zero-order chi connectivity index (χ0) is 16.8. The fourth-order valence-corrected chi connectivity index (χ4v) is 4.66. The predicted molar refractivity (Wildman–Crippen MR) is 80.3 cm³/mol. The highest BCUT2D eigenvalue weighted by atomic mass is 32.2. The van der Waals surface area contributed by atoms with Gasteiger partial charge in [-0.2, -0.15) is 4.31 Å². The monoisotopic (exact) mass is 341 g/mol. The average molecular weight is 341 g/mol. The molecule has 1 aliphatic heterocycles. The minimum atomic E-state index is -3.91. The molecule has 1 N–H and O–H groups in total. The van der Waals surface area contributed by atoms with Gasteiger partial charge in [-0.05, 0) is 23.3 Å². The van der Waals surface area contributed by atoms with Gasteiger partial charge >= 0.3 is 5.97 Å². The first-order valence-corrected chi connectivity index (χ1v) is 8.70. The molecular weight excluding hydrogens is 322 g/mol. The summed E-state index contributed by atoms with van der Waals surface area (Å²) in [5.41, 5.74) is 0.338. The summed E-state index contributed by atoms with van der Waals surface area (Å²) in [5.74, 6) is -1.15. The lowest BCUT2D eigenvalue weighted by molar-refractivity contribution is -0.162. The summed E-state index contributed by atoms with van der Waals surface area (Å²) < 4.78 is 37.1. The van der Waals surface area contributed by atoms with Crippen molar-refractivity contribution in [1.29, 1.82) is 0 Å². The Morgan fingerprint density at radius 3 is 2.61 bits per heavy atom. The highest BCUT2D eigenvalue weighted by Crippen LogP contribution is 2.42. The third kappa shape index (κ3) is 2.46. The Bertz CT molecular complexity index is 738. The number of hydrogen-bond donors (Lipinski definition) is 1. The van der Waals surface area contributed by atoms with E-state index in [1.807, 2.05) is 0 Å². The van der Waals surface area contributed by atoms with E-state index in [1.54, 1.807) is 12.1 Å². The van der Waals surface area contributed by atoms with Crippen molar-refractivity contribution in [2.24, 2.45) is 0 Å². The standard InChI is InChI=1S/C15H19NO6S/c1-16(15(14(17)18)6-12(7-15)21-2)23(19,20)13-4-3-10-8-22-9-11(10)5-13/h3-5,12H,6-9H2,1-2H3,(H,17,18). The van der Waals surface area contributed by atoms with E-state index in [1.165, 1.54) is 20.2 Å². The third-order valence-corrected chi connectivity index (χ3v) is 6.74. The SMILES string of the molecule is COC1CC(C(=O)O)(N(C)S(=O)(=O)c2ccc3c(c2)COC3)C1. The number of fused-ring (bicyclic) bond motifs is 1. The van der Waals surface area contributed by atoms with E-state index in [9.17, 15) is 18.3 Å². The molecule has 1 heterocycles. The summed E-state index contributed by atoms with van der Waals surface area (Å²) in [5, 5.41) is 9.55. The van der Waals surface area contributed by atoms with Crippen molar-refractivity contribution in [3.63, 3.8) is 0 Å². The van der Waals surface area contributed by atoms with Crippen molar-refractivity contribution in [2.75, 3.05) is 14.2 Å². The molecule has 0 radical (unpaired) electrons. The van der Waals surface area contributed by atoms with Crippen LogP contribution in [0.4, 0.5) is 0 Å². The summed E-state index contributed by atoms with van der Waals surface area (Å²) in [4.78, 5) is 11.8. The number of rotatable bonds is 5. The van der Waals surface area contributed by atoms with Gasteiger partial charge in [-0.3, -0.25) is 4.79 Å². The van der Waals surface area contributed by atoms with Gasteiger partial charge in [-0.1, -0.05) is 6.07 Å². The number of aliphatic carboxylic acids is 1. The number of sulfonamides is 1. The molecular formula is C15H19NO6S. The maximum atomic E-state index is 12.9. The van der Waals surface area contributed by atoms with Crippen LogP contribution in [0.3, 0.4) is 0 Å². The van der Waals surface area contributed by atoms with Crippen LogP contribution in [0.5, 0.6) is 0 Å². The predicted octanol–water partition coefficient (Wildman–Crippen LogP) is 0.970. The van der Waals surface area contributed by atoms with E-state index in [0.717, 1.165) is 15.4 Å². The number of likely N-dealkylation sites (N-methyl/N-ethyl adjacent to an activating group) is 1. The molecule has 23 heavy (non-hydrogen) atoms. The van der Waals surface area contributed by atoms with Gasteiger partial charge in [0.25, 0.3) is 0 Å². The van der Waals surface area contributed by atoms with Crippen LogP contribution in [0.2, 0.25) is 0 Å². The Morgan fingerprint density at radius 2 is 2.00 bits per heavy atom. The second kappa shape index (κ2) is 5.55. The number of ether oxygens (including phenoxy) is 2. The molecule has 0 aromatic heterocycles. The van der Waals surface area contributed by atoms with Gasteiger partial charge in [-0.25, -0.2) is 8.42 Å². The number of nitrogens with zero attached hydrogens (tertiary/aromatic N) is 1. The molecule has 1 aliphatic carbocycles. The van der Waals surface area contributed by atoms with Crippen LogP contribution in [0, 0.1) is 0 Å². The Hall–Kier alpha value is -1.48. The molecule has 126 valence electrons. The van der Waals surface area contributed by atoms with Crippen molar-refractivity contribution in [2.45, 2.75) is 42.6 Å². The van der Waals surface area contributed by atoms with E-state index in [4.69, 9.17) is 9.47 Å². The first-order chi connectivity index (χ1) is 10.8. The second-order valence-corrected chi connectivity index (χ2v) is 7.97. The van der Waals surface area contributed by atoms with Crippen LogP contribution >= 0.6 is 0 Å². The molecule has 1 aromatic rings. The fraction of sp³-hybridized carbons (Fsp3) is 0.533.